The number of pyridine rings is 1. The number of amides is 2. The van der Waals surface area contributed by atoms with Gasteiger partial charge in [0.05, 0.1) is 13.0 Å². The van der Waals surface area contributed by atoms with Gasteiger partial charge in [0, 0.05) is 23.8 Å². The van der Waals surface area contributed by atoms with Crippen LogP contribution in [0.25, 0.3) is 0 Å². The Balaban J connectivity index is 2.02. The summed E-state index contributed by atoms with van der Waals surface area (Å²) < 4.78 is 0. The maximum Gasteiger partial charge on any atom is 0.238 e. The topological polar surface area (TPSA) is 74.3 Å². The van der Waals surface area contributed by atoms with E-state index in [0.29, 0.717) is 17.9 Å². The Morgan fingerprint density at radius 1 is 1.12 bits per heavy atom. The second kappa shape index (κ2) is 8.21. The molecule has 0 saturated heterocycles. The van der Waals surface area contributed by atoms with Crippen LogP contribution in [-0.4, -0.2) is 42.3 Å². The van der Waals surface area contributed by atoms with Crippen LogP contribution >= 0.6 is 0 Å². The van der Waals surface area contributed by atoms with Gasteiger partial charge >= 0.3 is 0 Å². The molecule has 0 aliphatic carbocycles. The summed E-state index contributed by atoms with van der Waals surface area (Å²) in [5.74, 6) is -0.223. The second-order valence-electron chi connectivity index (χ2n) is 5.90. The molecule has 1 aromatic heterocycles. The lowest BCUT2D eigenvalue weighted by atomic mass is 10.1. The van der Waals surface area contributed by atoms with Gasteiger partial charge in [0.25, 0.3) is 0 Å². The van der Waals surface area contributed by atoms with Crippen molar-refractivity contribution in [2.24, 2.45) is 0 Å². The fourth-order valence-corrected chi connectivity index (χ4v) is 2.20. The molecule has 2 aromatic rings. The van der Waals surface area contributed by atoms with Crippen molar-refractivity contribution in [3.63, 3.8) is 0 Å². The standard InChI is InChI=1S/C18H22N4O2/c1-13-6-7-15(10-16(13)21-18(24)12-22(2)3)20-17(23)9-14-5-4-8-19-11-14/h4-8,10-11H,9,12H2,1-3H3,(H,20,23)(H,21,24). The average Bonchev–Trinajstić information content (AvgIpc) is 2.50. The molecule has 1 aromatic carbocycles. The number of aromatic nitrogens is 1. The van der Waals surface area contributed by atoms with Crippen molar-refractivity contribution in [3.05, 3.63) is 53.9 Å². The lowest BCUT2D eigenvalue weighted by Gasteiger charge is -2.13. The predicted octanol–water partition coefficient (Wildman–Crippen LogP) is 2.07. The summed E-state index contributed by atoms with van der Waals surface area (Å²) in [6.07, 6.45) is 3.59. The van der Waals surface area contributed by atoms with Gasteiger partial charge in [-0.25, -0.2) is 0 Å². The van der Waals surface area contributed by atoms with E-state index in [0.717, 1.165) is 11.1 Å². The predicted molar refractivity (Wildman–Crippen MR) is 94.9 cm³/mol. The first-order valence-electron chi connectivity index (χ1n) is 7.68. The number of rotatable bonds is 6. The van der Waals surface area contributed by atoms with Crippen LogP contribution in [0.3, 0.4) is 0 Å². The Morgan fingerprint density at radius 3 is 2.58 bits per heavy atom. The van der Waals surface area contributed by atoms with Crippen LogP contribution in [0.5, 0.6) is 0 Å². The van der Waals surface area contributed by atoms with E-state index in [-0.39, 0.29) is 18.2 Å². The van der Waals surface area contributed by atoms with Gasteiger partial charge in [-0.15, -0.1) is 0 Å². The van der Waals surface area contributed by atoms with Gasteiger partial charge in [-0.2, -0.15) is 0 Å². The van der Waals surface area contributed by atoms with Crippen molar-refractivity contribution >= 4 is 23.2 Å². The Bertz CT molecular complexity index is 714. The molecule has 0 spiro atoms. The highest BCUT2D eigenvalue weighted by Crippen LogP contribution is 2.20. The number of carbonyl (C=O) groups is 2. The lowest BCUT2D eigenvalue weighted by molar-refractivity contribution is -0.117. The summed E-state index contributed by atoms with van der Waals surface area (Å²) in [5.41, 5.74) is 3.13. The molecule has 1 heterocycles. The highest BCUT2D eigenvalue weighted by atomic mass is 16.2. The number of anilines is 2. The zero-order valence-electron chi connectivity index (χ0n) is 14.2. The van der Waals surface area contributed by atoms with E-state index < -0.39 is 0 Å². The Morgan fingerprint density at radius 2 is 1.92 bits per heavy atom. The first kappa shape index (κ1) is 17.6. The van der Waals surface area contributed by atoms with Gasteiger partial charge in [-0.1, -0.05) is 12.1 Å². The molecule has 2 rings (SSSR count). The molecule has 6 nitrogen and oxygen atoms in total. The zero-order chi connectivity index (χ0) is 17.5. The summed E-state index contributed by atoms with van der Waals surface area (Å²) in [6.45, 7) is 2.21. The summed E-state index contributed by atoms with van der Waals surface area (Å²) in [4.78, 5) is 29.8. The minimum atomic E-state index is -0.127. The average molecular weight is 326 g/mol. The minimum absolute atomic E-state index is 0.0954. The van der Waals surface area contributed by atoms with Crippen molar-refractivity contribution in [3.8, 4) is 0 Å². The number of hydrogen-bond donors (Lipinski definition) is 2. The minimum Gasteiger partial charge on any atom is -0.326 e. The third-order valence-corrected chi connectivity index (χ3v) is 3.34. The monoisotopic (exact) mass is 326 g/mol. The van der Waals surface area contributed by atoms with E-state index in [2.05, 4.69) is 15.6 Å². The summed E-state index contributed by atoms with van der Waals surface area (Å²) in [5, 5.41) is 5.71. The smallest absolute Gasteiger partial charge is 0.238 e. The van der Waals surface area contributed by atoms with Crippen molar-refractivity contribution in [2.45, 2.75) is 13.3 Å². The van der Waals surface area contributed by atoms with E-state index in [1.54, 1.807) is 29.4 Å². The number of nitrogens with zero attached hydrogens (tertiary/aromatic N) is 2. The molecule has 0 atom stereocenters. The number of carbonyl (C=O) groups excluding carboxylic acids is 2. The van der Waals surface area contributed by atoms with Gasteiger partial charge in [0.1, 0.15) is 0 Å². The molecule has 0 radical (unpaired) electrons. The molecule has 0 aliphatic heterocycles. The number of nitrogens with one attached hydrogen (secondary N) is 2. The third-order valence-electron chi connectivity index (χ3n) is 3.34. The van der Waals surface area contributed by atoms with Crippen LogP contribution in [0.2, 0.25) is 0 Å². The van der Waals surface area contributed by atoms with Crippen LogP contribution in [0.4, 0.5) is 11.4 Å². The van der Waals surface area contributed by atoms with Crippen LogP contribution in [0.15, 0.2) is 42.7 Å². The second-order valence-corrected chi connectivity index (χ2v) is 5.90. The van der Waals surface area contributed by atoms with E-state index >= 15 is 0 Å². The van der Waals surface area contributed by atoms with Gasteiger partial charge in [-0.3, -0.25) is 14.6 Å². The molecule has 0 saturated carbocycles. The van der Waals surface area contributed by atoms with Crippen molar-refractivity contribution in [2.75, 3.05) is 31.3 Å². The Kier molecular flexibility index (Phi) is 6.03. The number of likely N-dealkylation sites (N-methyl/N-ethyl adjacent to an activating group) is 1. The number of aryl methyl sites for hydroxylation is 1. The quantitative estimate of drug-likeness (QED) is 0.852. The van der Waals surface area contributed by atoms with Crippen molar-refractivity contribution in [1.29, 1.82) is 0 Å². The highest BCUT2D eigenvalue weighted by Gasteiger charge is 2.09. The molecule has 0 fully saturated rings. The SMILES string of the molecule is Cc1ccc(NC(=O)Cc2cccnc2)cc1NC(=O)CN(C)C. The molecule has 24 heavy (non-hydrogen) atoms. The normalized spacial score (nSPS) is 10.5. The highest BCUT2D eigenvalue weighted by molar-refractivity contribution is 5.96. The fourth-order valence-electron chi connectivity index (χ4n) is 2.20. The third kappa shape index (κ3) is 5.48. The van der Waals surface area contributed by atoms with Gasteiger partial charge in [0.2, 0.25) is 11.8 Å². The first-order valence-corrected chi connectivity index (χ1v) is 7.68. The van der Waals surface area contributed by atoms with E-state index in [9.17, 15) is 9.59 Å². The van der Waals surface area contributed by atoms with Crippen molar-refractivity contribution in [1.82, 2.24) is 9.88 Å². The summed E-state index contributed by atoms with van der Waals surface area (Å²) in [6, 6.07) is 9.11. The number of hydrogen-bond acceptors (Lipinski definition) is 4. The molecule has 0 unspecified atom stereocenters. The number of benzene rings is 1. The zero-order valence-corrected chi connectivity index (χ0v) is 14.2. The Labute approximate surface area is 141 Å². The first-order chi connectivity index (χ1) is 11.4. The molecular weight excluding hydrogens is 304 g/mol. The molecule has 2 amide bonds. The molecule has 126 valence electrons. The molecule has 0 bridgehead atoms. The fraction of sp³-hybridized carbons (Fsp3) is 0.278. The lowest BCUT2D eigenvalue weighted by Crippen LogP contribution is -2.27. The molecule has 6 heteroatoms. The van der Waals surface area contributed by atoms with E-state index in [4.69, 9.17) is 0 Å². The molecule has 0 aliphatic rings. The van der Waals surface area contributed by atoms with Crippen LogP contribution in [-0.2, 0) is 16.0 Å². The van der Waals surface area contributed by atoms with E-state index in [1.807, 2.05) is 39.2 Å². The van der Waals surface area contributed by atoms with Crippen LogP contribution < -0.4 is 10.6 Å². The van der Waals surface area contributed by atoms with Gasteiger partial charge < -0.3 is 15.5 Å². The summed E-state index contributed by atoms with van der Waals surface area (Å²) in [7, 11) is 3.67. The largest absolute Gasteiger partial charge is 0.326 e. The van der Waals surface area contributed by atoms with Crippen LogP contribution in [0, 0.1) is 6.92 Å². The van der Waals surface area contributed by atoms with Crippen LogP contribution in [0.1, 0.15) is 11.1 Å². The van der Waals surface area contributed by atoms with Gasteiger partial charge in [-0.05, 0) is 50.3 Å². The van der Waals surface area contributed by atoms with E-state index in [1.165, 1.54) is 0 Å². The van der Waals surface area contributed by atoms with Crippen molar-refractivity contribution < 1.29 is 9.59 Å². The summed E-state index contributed by atoms with van der Waals surface area (Å²) >= 11 is 0. The molecular formula is C18H22N4O2. The maximum atomic E-state index is 12.1. The van der Waals surface area contributed by atoms with Gasteiger partial charge in [0.15, 0.2) is 0 Å². The maximum absolute atomic E-state index is 12.1. The Hall–Kier alpha value is -2.73. The molecule has 2 N–H and O–H groups in total.